The molecule has 0 bridgehead atoms. The molecule has 2 heterocycles. The number of hydrogen-bond acceptors (Lipinski definition) is 19. The molecule has 3 rings (SSSR count). The van der Waals surface area contributed by atoms with Crippen LogP contribution in [0.4, 0.5) is 0 Å². The van der Waals surface area contributed by atoms with Gasteiger partial charge in [-0.3, -0.25) is 38.4 Å². The molecule has 0 aliphatic carbocycles. The van der Waals surface area contributed by atoms with Gasteiger partial charge in [-0.25, -0.2) is 0 Å². The minimum Gasteiger partial charge on any atom is -0.492 e. The van der Waals surface area contributed by atoms with Crippen molar-refractivity contribution in [1.29, 1.82) is 0 Å². The van der Waals surface area contributed by atoms with Crippen LogP contribution in [0.15, 0.2) is 18.2 Å². The molecule has 1 aromatic carbocycles. The highest BCUT2D eigenvalue weighted by atomic mass is 35.5. The summed E-state index contributed by atoms with van der Waals surface area (Å²) in [6.45, 7) is 8.42. The lowest BCUT2D eigenvalue weighted by molar-refractivity contribution is -0.345. The number of halogens is 1. The topological polar surface area (TPSA) is 250 Å². The molecule has 0 saturated carbocycles. The molecule has 2 aliphatic heterocycles. The van der Waals surface area contributed by atoms with E-state index >= 15 is 0 Å². The zero-order valence-corrected chi connectivity index (χ0v) is 33.9. The van der Waals surface area contributed by atoms with Crippen LogP contribution >= 0.6 is 11.6 Å². The molecule has 10 atom stereocenters. The summed E-state index contributed by atoms with van der Waals surface area (Å²) in [5.41, 5.74) is 0.0226. The molecule has 2 aliphatic rings. The van der Waals surface area contributed by atoms with Gasteiger partial charge in [-0.1, -0.05) is 24.9 Å². The zero-order chi connectivity index (χ0) is 43.3. The van der Waals surface area contributed by atoms with Crippen LogP contribution in [0.2, 0.25) is 5.02 Å². The van der Waals surface area contributed by atoms with Crippen molar-refractivity contribution < 1.29 is 90.5 Å². The minimum absolute atomic E-state index is 0.0226. The maximum absolute atomic E-state index is 13.7. The highest BCUT2D eigenvalue weighted by molar-refractivity contribution is 6.32. The van der Waals surface area contributed by atoms with Crippen LogP contribution in [0.3, 0.4) is 0 Å². The minimum atomic E-state index is -1.86. The average molecular weight is 846 g/mol. The van der Waals surface area contributed by atoms with Crippen LogP contribution in [0.1, 0.15) is 78.6 Å². The second-order valence-corrected chi connectivity index (χ2v) is 13.4. The van der Waals surface area contributed by atoms with Crippen molar-refractivity contribution in [2.24, 2.45) is 0 Å². The van der Waals surface area contributed by atoms with E-state index in [0.717, 1.165) is 61.3 Å². The van der Waals surface area contributed by atoms with Gasteiger partial charge in [0.15, 0.2) is 43.0 Å². The molecule has 0 radical (unpaired) electrons. The molecule has 1 N–H and O–H groups in total. The van der Waals surface area contributed by atoms with Crippen LogP contribution in [0.25, 0.3) is 0 Å². The van der Waals surface area contributed by atoms with Crippen molar-refractivity contribution in [2.45, 2.75) is 130 Å². The summed E-state index contributed by atoms with van der Waals surface area (Å²) < 4.78 is 62.2. The fourth-order valence-corrected chi connectivity index (χ4v) is 6.16. The number of benzene rings is 1. The lowest BCUT2D eigenvalue weighted by atomic mass is 9.95. The third kappa shape index (κ3) is 14.1. The van der Waals surface area contributed by atoms with Gasteiger partial charge in [0.2, 0.25) is 0 Å². The molecule has 21 heteroatoms. The lowest BCUT2D eigenvalue weighted by Gasteiger charge is -2.48. The summed E-state index contributed by atoms with van der Waals surface area (Å²) in [4.78, 5) is 99.9. The Balaban J connectivity index is 2.13. The highest BCUT2D eigenvalue weighted by Gasteiger charge is 2.57. The number of esters is 7. The molecule has 1 aromatic rings. The quantitative estimate of drug-likeness (QED) is 0.133. The molecule has 0 aromatic heterocycles. The van der Waals surface area contributed by atoms with Gasteiger partial charge in [-0.2, -0.15) is 0 Å². The first-order valence-electron chi connectivity index (χ1n) is 18.1. The first-order chi connectivity index (χ1) is 27.3. The Kier molecular flexibility index (Phi) is 18.1. The Hall–Kier alpha value is -5.05. The van der Waals surface area contributed by atoms with E-state index in [2.05, 4.69) is 5.32 Å². The Bertz CT molecular complexity index is 1670. The number of amides is 1. The normalized spacial score (nSPS) is 26.5. The van der Waals surface area contributed by atoms with E-state index in [-0.39, 0.29) is 10.6 Å². The molecule has 0 unspecified atom stereocenters. The van der Waals surface area contributed by atoms with Crippen LogP contribution in [0.5, 0.6) is 5.75 Å². The molecule has 322 valence electrons. The predicted molar refractivity (Wildman–Crippen MR) is 193 cm³/mol. The number of hydrogen-bond donors (Lipinski definition) is 1. The highest BCUT2D eigenvalue weighted by Crippen LogP contribution is 2.35. The van der Waals surface area contributed by atoms with E-state index in [9.17, 15) is 38.4 Å². The van der Waals surface area contributed by atoms with Gasteiger partial charge >= 0.3 is 41.8 Å². The number of carbonyl (C=O) groups excluding carboxylic acids is 8. The molecular weight excluding hydrogens is 798 g/mol. The second-order valence-electron chi connectivity index (χ2n) is 13.0. The van der Waals surface area contributed by atoms with Gasteiger partial charge in [-0.15, -0.1) is 0 Å². The summed E-state index contributed by atoms with van der Waals surface area (Å²) >= 11 is 6.39. The summed E-state index contributed by atoms with van der Waals surface area (Å²) in [6, 6.07) is 4.24. The van der Waals surface area contributed by atoms with Gasteiger partial charge in [0, 0.05) is 54.0 Å². The Morgan fingerprint density at radius 1 is 0.621 bits per heavy atom. The smallest absolute Gasteiger partial charge is 0.303 e. The number of ether oxygens (including phenoxy) is 11. The molecule has 58 heavy (non-hydrogen) atoms. The van der Waals surface area contributed by atoms with E-state index in [0.29, 0.717) is 12.4 Å². The maximum Gasteiger partial charge on any atom is 0.303 e. The van der Waals surface area contributed by atoms with Gasteiger partial charge < -0.3 is 57.4 Å². The second kappa shape index (κ2) is 22.2. The number of nitrogens with one attached hydrogen (secondary N) is 1. The summed E-state index contributed by atoms with van der Waals surface area (Å²) in [5, 5.41) is 2.70. The number of unbranched alkanes of at least 4 members (excludes halogenated alkanes) is 1. The van der Waals surface area contributed by atoms with Crippen LogP contribution in [-0.2, 0) is 80.9 Å². The Labute approximate surface area is 338 Å². The van der Waals surface area contributed by atoms with Crippen LogP contribution < -0.4 is 10.1 Å². The van der Waals surface area contributed by atoms with Gasteiger partial charge in [0.25, 0.3) is 5.91 Å². The van der Waals surface area contributed by atoms with Crippen molar-refractivity contribution in [3.05, 3.63) is 28.8 Å². The van der Waals surface area contributed by atoms with E-state index in [1.54, 1.807) is 0 Å². The van der Waals surface area contributed by atoms with E-state index in [4.69, 9.17) is 63.7 Å². The Morgan fingerprint density at radius 2 is 1.10 bits per heavy atom. The average Bonchev–Trinajstić information content (AvgIpc) is 3.11. The van der Waals surface area contributed by atoms with Gasteiger partial charge in [-0.05, 0) is 24.6 Å². The van der Waals surface area contributed by atoms with Crippen molar-refractivity contribution in [3.63, 3.8) is 0 Å². The standard InChI is InChI=1S/C37H48ClNO19/c1-9-10-13-48-26-12-11-24(14-25(26)38)35(47)39-36-33(54-22(7)45)31(52-20(5)43)30(27(56-36)15-49-17(2)40)58-37-34(55-23(8)46)32(53-21(6)44)29(51-19(4)42)28(57-37)16-50-18(3)41/h11-12,14,27-34,36-37H,9-10,13,15-16H2,1-8H3,(H,39,47)/t27-,28-,29-,30-,31+,32+,33-,34-,36-,37-/m1/s1. The van der Waals surface area contributed by atoms with E-state index in [1.165, 1.54) is 18.2 Å². The van der Waals surface area contributed by atoms with Crippen LogP contribution in [-0.4, -0.2) is 129 Å². The zero-order valence-electron chi connectivity index (χ0n) is 33.2. The van der Waals surface area contributed by atoms with Crippen molar-refractivity contribution in [2.75, 3.05) is 19.8 Å². The van der Waals surface area contributed by atoms with E-state index < -0.39 is 122 Å². The van der Waals surface area contributed by atoms with E-state index in [1.807, 2.05) is 6.92 Å². The molecule has 2 fully saturated rings. The van der Waals surface area contributed by atoms with Gasteiger partial charge in [0.1, 0.15) is 37.3 Å². The molecular formula is C37H48ClNO19. The number of carbonyl (C=O) groups is 8. The Morgan fingerprint density at radius 3 is 1.60 bits per heavy atom. The largest absolute Gasteiger partial charge is 0.492 e. The molecule has 1 amide bonds. The monoisotopic (exact) mass is 845 g/mol. The third-order valence-electron chi connectivity index (χ3n) is 8.15. The first kappa shape index (κ1) is 47.3. The molecule has 0 spiro atoms. The number of rotatable bonds is 17. The fraction of sp³-hybridized carbons (Fsp3) is 0.622. The van der Waals surface area contributed by atoms with Crippen molar-refractivity contribution >= 4 is 59.3 Å². The predicted octanol–water partition coefficient (Wildman–Crippen LogP) is 1.87. The summed E-state index contributed by atoms with van der Waals surface area (Å²) in [7, 11) is 0. The maximum atomic E-state index is 13.7. The fourth-order valence-electron chi connectivity index (χ4n) is 5.93. The van der Waals surface area contributed by atoms with Crippen molar-refractivity contribution in [1.82, 2.24) is 5.32 Å². The molecule has 2 saturated heterocycles. The lowest BCUT2D eigenvalue weighted by Crippen LogP contribution is -2.68. The third-order valence-corrected chi connectivity index (χ3v) is 8.45. The first-order valence-corrected chi connectivity index (χ1v) is 18.5. The van der Waals surface area contributed by atoms with Crippen molar-refractivity contribution in [3.8, 4) is 5.75 Å². The SMILES string of the molecule is CCCCOc1ccc(C(=O)N[C@@H]2O[C@H](COC(C)=O)[C@@H](O[C@H]3O[C@H](COC(C)=O)[C@@H](OC(C)=O)[C@H](OC(C)=O)[C@H]3OC(C)=O)[C@H](OC(C)=O)[C@H]2OC(C)=O)cc1Cl. The summed E-state index contributed by atoms with van der Waals surface area (Å²) in [5.74, 6) is -6.66. The van der Waals surface area contributed by atoms with Crippen LogP contribution in [0, 0.1) is 0 Å². The summed E-state index contributed by atoms with van der Waals surface area (Å²) in [6.07, 6.45) is -14.9. The molecule has 20 nitrogen and oxygen atoms in total. The van der Waals surface area contributed by atoms with Gasteiger partial charge in [0.05, 0.1) is 11.6 Å².